The quantitative estimate of drug-likeness (QED) is 0.163. The van der Waals surface area contributed by atoms with Crippen molar-refractivity contribution in [1.29, 1.82) is 0 Å². The van der Waals surface area contributed by atoms with Crippen molar-refractivity contribution in [2.45, 2.75) is 13.2 Å². The summed E-state index contributed by atoms with van der Waals surface area (Å²) in [7, 11) is 0. The van der Waals surface area contributed by atoms with E-state index in [1.165, 1.54) is 11.0 Å². The molecular weight excluding hydrogens is 476 g/mol. The molecule has 0 aromatic heterocycles. The highest BCUT2D eigenvalue weighted by Crippen LogP contribution is 2.34. The Balaban J connectivity index is 1.32. The maximum absolute atomic E-state index is 13.1. The molecule has 1 saturated heterocycles. The van der Waals surface area contributed by atoms with Gasteiger partial charge in [0.15, 0.2) is 0 Å². The highest BCUT2D eigenvalue weighted by Gasteiger charge is 2.35. The number of para-hydroxylation sites is 1. The van der Waals surface area contributed by atoms with Gasteiger partial charge in [-0.05, 0) is 57.9 Å². The Hall–Kier alpha value is -4.43. The highest BCUT2D eigenvalue weighted by atomic mass is 32.2. The van der Waals surface area contributed by atoms with Gasteiger partial charge in [0, 0.05) is 6.07 Å². The Labute approximate surface area is 211 Å². The summed E-state index contributed by atoms with van der Waals surface area (Å²) in [6.07, 6.45) is 1.66. The van der Waals surface area contributed by atoms with Crippen molar-refractivity contribution in [3.05, 3.63) is 123 Å². The Bertz CT molecular complexity index is 1530. The fraction of sp³-hybridized carbons (Fsp3) is 0.0714. The molecule has 0 unspecified atom stereocenters. The Morgan fingerprint density at radius 2 is 1.61 bits per heavy atom. The van der Waals surface area contributed by atoms with Gasteiger partial charge in [-0.1, -0.05) is 66.7 Å². The molecule has 0 spiro atoms. The van der Waals surface area contributed by atoms with Gasteiger partial charge in [-0.3, -0.25) is 24.6 Å². The van der Waals surface area contributed by atoms with Crippen LogP contribution in [-0.2, 0) is 17.9 Å². The minimum absolute atomic E-state index is 0.00600. The van der Waals surface area contributed by atoms with Crippen LogP contribution in [0.4, 0.5) is 10.5 Å². The van der Waals surface area contributed by atoms with Crippen molar-refractivity contribution in [2.24, 2.45) is 0 Å². The van der Waals surface area contributed by atoms with Crippen LogP contribution in [0, 0.1) is 10.1 Å². The molecule has 4 aromatic carbocycles. The number of carbonyl (C=O) groups excluding carboxylic acids is 2. The summed E-state index contributed by atoms with van der Waals surface area (Å²) in [6, 6.07) is 27.1. The maximum Gasteiger partial charge on any atom is 0.293 e. The van der Waals surface area contributed by atoms with Crippen molar-refractivity contribution in [1.82, 2.24) is 4.90 Å². The number of rotatable bonds is 7. The molecule has 4 aromatic rings. The van der Waals surface area contributed by atoms with Gasteiger partial charge >= 0.3 is 0 Å². The van der Waals surface area contributed by atoms with E-state index in [0.29, 0.717) is 21.8 Å². The first kappa shape index (κ1) is 23.3. The molecule has 0 saturated carbocycles. The van der Waals surface area contributed by atoms with Gasteiger partial charge in [0.25, 0.3) is 16.8 Å². The van der Waals surface area contributed by atoms with Crippen molar-refractivity contribution in [2.75, 3.05) is 0 Å². The molecule has 1 aliphatic rings. The normalized spacial score (nSPS) is 14.6. The molecule has 178 valence electrons. The van der Waals surface area contributed by atoms with E-state index < -0.39 is 4.92 Å². The van der Waals surface area contributed by atoms with E-state index in [1.54, 1.807) is 48.5 Å². The number of fused-ring (bicyclic) bond motifs is 1. The zero-order valence-corrected chi connectivity index (χ0v) is 19.8. The van der Waals surface area contributed by atoms with E-state index in [4.69, 9.17) is 4.74 Å². The Morgan fingerprint density at radius 3 is 2.47 bits per heavy atom. The number of benzene rings is 4. The summed E-state index contributed by atoms with van der Waals surface area (Å²) >= 11 is 0.905. The zero-order valence-electron chi connectivity index (χ0n) is 19.0. The molecule has 1 fully saturated rings. The van der Waals surface area contributed by atoms with Crippen LogP contribution < -0.4 is 4.74 Å². The fourth-order valence-corrected chi connectivity index (χ4v) is 4.89. The highest BCUT2D eigenvalue weighted by molar-refractivity contribution is 8.18. The predicted molar refractivity (Wildman–Crippen MR) is 139 cm³/mol. The second-order valence-electron chi connectivity index (χ2n) is 8.15. The van der Waals surface area contributed by atoms with Crippen molar-refractivity contribution >= 4 is 45.4 Å². The number of hydrogen-bond donors (Lipinski definition) is 0. The van der Waals surface area contributed by atoms with Gasteiger partial charge in [0.05, 0.1) is 21.9 Å². The number of nitro benzene ring substituents is 1. The van der Waals surface area contributed by atoms with E-state index in [2.05, 4.69) is 0 Å². The smallest absolute Gasteiger partial charge is 0.293 e. The van der Waals surface area contributed by atoms with E-state index in [-0.39, 0.29) is 30.0 Å². The van der Waals surface area contributed by atoms with E-state index in [1.807, 2.05) is 42.5 Å². The van der Waals surface area contributed by atoms with Crippen molar-refractivity contribution in [3.63, 3.8) is 0 Å². The summed E-state index contributed by atoms with van der Waals surface area (Å²) in [5.41, 5.74) is 2.05. The number of hydrogen-bond acceptors (Lipinski definition) is 6. The third kappa shape index (κ3) is 4.85. The fourth-order valence-electron chi connectivity index (χ4n) is 4.05. The molecular formula is C28H20N2O5S. The molecule has 8 heteroatoms. The molecule has 0 aliphatic carbocycles. The summed E-state index contributed by atoms with van der Waals surface area (Å²) in [4.78, 5) is 38.1. The lowest BCUT2D eigenvalue weighted by molar-refractivity contribution is -0.385. The second-order valence-corrected chi connectivity index (χ2v) is 9.15. The van der Waals surface area contributed by atoms with Gasteiger partial charge < -0.3 is 4.74 Å². The number of thioether (sulfide) groups is 1. The van der Waals surface area contributed by atoms with Crippen LogP contribution in [0.25, 0.3) is 16.8 Å². The standard InChI is InChI=1S/C28H20N2O5S/c31-27-26(36-28(32)29(27)17-21-11-6-10-20-8-1-3-13-24(20)21)16-19-7-5-12-23(15-19)35-18-22-9-2-4-14-25(22)30(33)34/h1-16H,17-18H2/b26-16-. The molecule has 1 heterocycles. The maximum atomic E-state index is 13.1. The molecule has 0 radical (unpaired) electrons. The average Bonchev–Trinajstić information content (AvgIpc) is 3.15. The summed E-state index contributed by atoms with van der Waals surface area (Å²) < 4.78 is 5.77. The van der Waals surface area contributed by atoms with Crippen LogP contribution in [0.1, 0.15) is 16.7 Å². The van der Waals surface area contributed by atoms with Gasteiger partial charge in [-0.2, -0.15) is 0 Å². The van der Waals surface area contributed by atoms with Crippen LogP contribution in [0.15, 0.2) is 95.9 Å². The Kier molecular flexibility index (Phi) is 6.51. The number of nitro groups is 1. The number of amides is 2. The number of carbonyl (C=O) groups is 2. The Morgan fingerprint density at radius 1 is 0.889 bits per heavy atom. The molecule has 0 bridgehead atoms. The lowest BCUT2D eigenvalue weighted by Gasteiger charge is -2.14. The molecule has 0 atom stereocenters. The predicted octanol–water partition coefficient (Wildman–Crippen LogP) is 6.56. The number of nitrogens with zero attached hydrogens (tertiary/aromatic N) is 2. The average molecular weight is 497 g/mol. The van der Waals surface area contributed by atoms with E-state index in [9.17, 15) is 19.7 Å². The number of ether oxygens (including phenoxy) is 1. The van der Waals surface area contributed by atoms with Crippen LogP contribution in [0.2, 0.25) is 0 Å². The third-order valence-electron chi connectivity index (χ3n) is 5.82. The monoisotopic (exact) mass is 496 g/mol. The van der Waals surface area contributed by atoms with Crippen molar-refractivity contribution < 1.29 is 19.2 Å². The van der Waals surface area contributed by atoms with Crippen LogP contribution >= 0.6 is 11.8 Å². The SMILES string of the molecule is O=C1S/C(=C\c2cccc(OCc3ccccc3[N+](=O)[O-])c2)C(=O)N1Cc1cccc2ccccc12. The zero-order chi connectivity index (χ0) is 25.1. The second kappa shape index (κ2) is 10.1. The lowest BCUT2D eigenvalue weighted by atomic mass is 10.0. The van der Waals surface area contributed by atoms with E-state index >= 15 is 0 Å². The van der Waals surface area contributed by atoms with Crippen LogP contribution in [0.3, 0.4) is 0 Å². The number of imide groups is 1. The summed E-state index contributed by atoms with van der Waals surface area (Å²) in [6.45, 7) is 0.227. The molecule has 0 N–H and O–H groups in total. The summed E-state index contributed by atoms with van der Waals surface area (Å²) in [5.74, 6) is 0.154. The topological polar surface area (TPSA) is 89.7 Å². The third-order valence-corrected chi connectivity index (χ3v) is 6.73. The molecule has 1 aliphatic heterocycles. The van der Waals surface area contributed by atoms with Crippen LogP contribution in [0.5, 0.6) is 5.75 Å². The van der Waals surface area contributed by atoms with Crippen molar-refractivity contribution in [3.8, 4) is 5.75 Å². The van der Waals surface area contributed by atoms with Gasteiger partial charge in [0.2, 0.25) is 0 Å². The summed E-state index contributed by atoms with van der Waals surface area (Å²) in [5, 5.41) is 13.0. The molecule has 5 rings (SSSR count). The largest absolute Gasteiger partial charge is 0.489 e. The van der Waals surface area contributed by atoms with Gasteiger partial charge in [-0.25, -0.2) is 0 Å². The molecule has 2 amide bonds. The first-order valence-electron chi connectivity index (χ1n) is 11.2. The molecule has 7 nitrogen and oxygen atoms in total. The van der Waals surface area contributed by atoms with Crippen LogP contribution in [-0.4, -0.2) is 21.0 Å². The minimum atomic E-state index is -0.441. The first-order chi connectivity index (χ1) is 17.5. The minimum Gasteiger partial charge on any atom is -0.489 e. The molecule has 36 heavy (non-hydrogen) atoms. The van der Waals surface area contributed by atoms with E-state index in [0.717, 1.165) is 28.1 Å². The van der Waals surface area contributed by atoms with Gasteiger partial charge in [-0.15, -0.1) is 0 Å². The van der Waals surface area contributed by atoms with Gasteiger partial charge in [0.1, 0.15) is 12.4 Å². The lowest BCUT2D eigenvalue weighted by Crippen LogP contribution is -2.27. The first-order valence-corrected chi connectivity index (χ1v) is 12.0.